The van der Waals surface area contributed by atoms with E-state index in [1.807, 2.05) is 33.0 Å². The second-order valence-electron chi connectivity index (χ2n) is 3.21. The van der Waals surface area contributed by atoms with E-state index in [1.165, 1.54) is 4.88 Å². The molecule has 0 aromatic carbocycles. The molecule has 0 radical (unpaired) electrons. The fourth-order valence-electron chi connectivity index (χ4n) is 1.16. The SMILES string of the molecule is CNCC(C)(O)c1ccc(C)s1. The van der Waals surface area contributed by atoms with Crippen LogP contribution in [0.2, 0.25) is 0 Å². The standard InChI is InChI=1S/C9H15NOS/c1-7-4-5-8(12-7)9(2,11)6-10-3/h4-5,10-11H,6H2,1-3H3. The van der Waals surface area contributed by atoms with Gasteiger partial charge >= 0.3 is 0 Å². The molecule has 0 bridgehead atoms. The van der Waals surface area contributed by atoms with Gasteiger partial charge in [0.05, 0.1) is 0 Å². The Bertz CT molecular complexity index is 255. The van der Waals surface area contributed by atoms with E-state index in [1.54, 1.807) is 11.3 Å². The van der Waals surface area contributed by atoms with Crippen molar-refractivity contribution in [3.05, 3.63) is 21.9 Å². The summed E-state index contributed by atoms with van der Waals surface area (Å²) in [5.74, 6) is 0. The molecular formula is C9H15NOS. The summed E-state index contributed by atoms with van der Waals surface area (Å²) in [4.78, 5) is 2.26. The average molecular weight is 185 g/mol. The number of hydrogen-bond acceptors (Lipinski definition) is 3. The first-order valence-electron chi connectivity index (χ1n) is 4.00. The highest BCUT2D eigenvalue weighted by atomic mass is 32.1. The lowest BCUT2D eigenvalue weighted by Gasteiger charge is -2.20. The summed E-state index contributed by atoms with van der Waals surface area (Å²) in [5.41, 5.74) is -0.728. The number of aliphatic hydroxyl groups is 1. The molecule has 68 valence electrons. The molecule has 12 heavy (non-hydrogen) atoms. The van der Waals surface area contributed by atoms with Crippen LogP contribution in [0.5, 0.6) is 0 Å². The zero-order valence-electron chi connectivity index (χ0n) is 7.72. The molecule has 2 N–H and O–H groups in total. The minimum Gasteiger partial charge on any atom is -0.383 e. The third kappa shape index (κ3) is 2.06. The monoisotopic (exact) mass is 185 g/mol. The normalized spacial score (nSPS) is 16.0. The fourth-order valence-corrected chi connectivity index (χ4v) is 2.07. The van der Waals surface area contributed by atoms with E-state index in [2.05, 4.69) is 5.32 Å². The number of nitrogens with one attached hydrogen (secondary N) is 1. The lowest BCUT2D eigenvalue weighted by atomic mass is 10.1. The predicted molar refractivity (Wildman–Crippen MR) is 52.6 cm³/mol. The number of thiophene rings is 1. The van der Waals surface area contributed by atoms with Crippen LogP contribution in [0.4, 0.5) is 0 Å². The predicted octanol–water partition coefficient (Wildman–Crippen LogP) is 1.48. The average Bonchev–Trinajstić information content (AvgIpc) is 2.36. The summed E-state index contributed by atoms with van der Waals surface area (Å²) in [6.45, 7) is 4.46. The van der Waals surface area contributed by atoms with Crippen molar-refractivity contribution in [2.45, 2.75) is 19.4 Å². The van der Waals surface area contributed by atoms with E-state index in [9.17, 15) is 5.11 Å². The zero-order chi connectivity index (χ0) is 9.19. The van der Waals surface area contributed by atoms with Crippen molar-refractivity contribution in [3.8, 4) is 0 Å². The zero-order valence-corrected chi connectivity index (χ0v) is 8.53. The maximum atomic E-state index is 9.95. The van der Waals surface area contributed by atoms with Gasteiger partial charge in [-0.15, -0.1) is 11.3 Å². The van der Waals surface area contributed by atoms with Crippen LogP contribution < -0.4 is 5.32 Å². The van der Waals surface area contributed by atoms with E-state index in [4.69, 9.17) is 0 Å². The molecule has 0 spiro atoms. The molecule has 1 rings (SSSR count). The van der Waals surface area contributed by atoms with Gasteiger partial charge in [0.25, 0.3) is 0 Å². The summed E-state index contributed by atoms with van der Waals surface area (Å²) in [6, 6.07) is 4.02. The van der Waals surface area contributed by atoms with Gasteiger partial charge in [-0.25, -0.2) is 0 Å². The Hall–Kier alpha value is -0.380. The van der Waals surface area contributed by atoms with Gasteiger partial charge in [0.15, 0.2) is 0 Å². The molecule has 0 fully saturated rings. The second kappa shape index (κ2) is 3.56. The molecule has 1 unspecified atom stereocenters. The molecule has 1 atom stereocenters. The molecule has 1 heterocycles. The van der Waals surface area contributed by atoms with E-state index >= 15 is 0 Å². The van der Waals surface area contributed by atoms with Gasteiger partial charge in [0, 0.05) is 16.3 Å². The molecule has 0 saturated heterocycles. The molecule has 3 heteroatoms. The summed E-state index contributed by atoms with van der Waals surface area (Å²) in [7, 11) is 1.84. The molecule has 0 aliphatic rings. The van der Waals surface area contributed by atoms with Crippen LogP contribution >= 0.6 is 11.3 Å². The molecule has 1 aromatic heterocycles. The minimum atomic E-state index is -0.728. The van der Waals surface area contributed by atoms with Crippen molar-refractivity contribution in [3.63, 3.8) is 0 Å². The first kappa shape index (κ1) is 9.71. The highest BCUT2D eigenvalue weighted by Crippen LogP contribution is 2.26. The van der Waals surface area contributed by atoms with E-state index in [-0.39, 0.29) is 0 Å². The number of likely N-dealkylation sites (N-methyl/N-ethyl adjacent to an activating group) is 1. The van der Waals surface area contributed by atoms with Crippen LogP contribution in [0.25, 0.3) is 0 Å². The van der Waals surface area contributed by atoms with Gasteiger partial charge in [-0.3, -0.25) is 0 Å². The van der Waals surface area contributed by atoms with Crippen LogP contribution in [0.3, 0.4) is 0 Å². The largest absolute Gasteiger partial charge is 0.383 e. The van der Waals surface area contributed by atoms with Gasteiger partial charge in [0.1, 0.15) is 5.60 Å². The van der Waals surface area contributed by atoms with Crippen LogP contribution in [0.15, 0.2) is 12.1 Å². The Morgan fingerprint density at radius 3 is 2.67 bits per heavy atom. The summed E-state index contributed by atoms with van der Waals surface area (Å²) in [5, 5.41) is 12.9. The number of hydrogen-bond donors (Lipinski definition) is 2. The van der Waals surface area contributed by atoms with Crippen molar-refractivity contribution in [1.29, 1.82) is 0 Å². The van der Waals surface area contributed by atoms with Crippen molar-refractivity contribution in [2.24, 2.45) is 0 Å². The third-order valence-electron chi connectivity index (χ3n) is 1.79. The lowest BCUT2D eigenvalue weighted by Crippen LogP contribution is -2.32. The van der Waals surface area contributed by atoms with E-state index in [0.29, 0.717) is 6.54 Å². The summed E-state index contributed by atoms with van der Waals surface area (Å²) in [6.07, 6.45) is 0. The van der Waals surface area contributed by atoms with Gasteiger partial charge in [-0.05, 0) is 33.0 Å². The Balaban J connectivity index is 2.81. The molecular weight excluding hydrogens is 170 g/mol. The smallest absolute Gasteiger partial charge is 0.108 e. The molecule has 2 nitrogen and oxygen atoms in total. The highest BCUT2D eigenvalue weighted by Gasteiger charge is 2.23. The van der Waals surface area contributed by atoms with Crippen molar-refractivity contribution >= 4 is 11.3 Å². The molecule has 0 saturated carbocycles. The Morgan fingerprint density at radius 1 is 1.58 bits per heavy atom. The molecule has 1 aromatic rings. The molecule has 0 aliphatic heterocycles. The highest BCUT2D eigenvalue weighted by molar-refractivity contribution is 7.12. The molecule has 0 aliphatic carbocycles. The van der Waals surface area contributed by atoms with E-state index < -0.39 is 5.60 Å². The van der Waals surface area contributed by atoms with Crippen molar-refractivity contribution in [2.75, 3.05) is 13.6 Å². The Morgan fingerprint density at radius 2 is 2.25 bits per heavy atom. The van der Waals surface area contributed by atoms with Crippen LogP contribution in [-0.4, -0.2) is 18.7 Å². The van der Waals surface area contributed by atoms with Gasteiger partial charge in [-0.1, -0.05) is 0 Å². The fraction of sp³-hybridized carbons (Fsp3) is 0.556. The number of rotatable bonds is 3. The van der Waals surface area contributed by atoms with Crippen LogP contribution in [-0.2, 0) is 5.60 Å². The Kier molecular flexibility index (Phi) is 2.88. The quantitative estimate of drug-likeness (QED) is 0.747. The first-order chi connectivity index (χ1) is 5.56. The summed E-state index contributed by atoms with van der Waals surface area (Å²) < 4.78 is 0. The molecule has 0 amide bonds. The lowest BCUT2D eigenvalue weighted by molar-refractivity contribution is 0.0630. The van der Waals surface area contributed by atoms with Gasteiger partial charge < -0.3 is 10.4 Å². The maximum Gasteiger partial charge on any atom is 0.108 e. The van der Waals surface area contributed by atoms with E-state index in [0.717, 1.165) is 4.88 Å². The van der Waals surface area contributed by atoms with Gasteiger partial charge in [0.2, 0.25) is 0 Å². The topological polar surface area (TPSA) is 32.3 Å². The Labute approximate surface area is 77.2 Å². The minimum absolute atomic E-state index is 0.590. The second-order valence-corrected chi connectivity index (χ2v) is 4.50. The third-order valence-corrected chi connectivity index (χ3v) is 3.05. The number of aryl methyl sites for hydroxylation is 1. The summed E-state index contributed by atoms with van der Waals surface area (Å²) >= 11 is 1.64. The van der Waals surface area contributed by atoms with Crippen LogP contribution in [0.1, 0.15) is 16.7 Å². The van der Waals surface area contributed by atoms with Crippen LogP contribution in [0, 0.1) is 6.92 Å². The maximum absolute atomic E-state index is 9.95. The van der Waals surface area contributed by atoms with Gasteiger partial charge in [-0.2, -0.15) is 0 Å². The van der Waals surface area contributed by atoms with Crippen molar-refractivity contribution < 1.29 is 5.11 Å². The van der Waals surface area contributed by atoms with Crippen molar-refractivity contribution in [1.82, 2.24) is 5.32 Å². The first-order valence-corrected chi connectivity index (χ1v) is 4.82.